The zero-order valence-corrected chi connectivity index (χ0v) is 6.15. The Morgan fingerprint density at radius 2 is 2.67 bits per heavy atom. The van der Waals surface area contributed by atoms with E-state index in [1.54, 1.807) is 0 Å². The third-order valence-corrected chi connectivity index (χ3v) is 1.86. The molecule has 0 aromatic heterocycles. The van der Waals surface area contributed by atoms with Crippen LogP contribution in [0.2, 0.25) is 0 Å². The number of rotatable bonds is 1. The third-order valence-electron chi connectivity index (χ3n) is 1.21. The molecule has 0 aromatic carbocycles. The Kier molecular flexibility index (Phi) is 2.16. The Morgan fingerprint density at radius 1 is 1.89 bits per heavy atom. The Labute approximate surface area is 58.9 Å². The molecule has 1 heterocycles. The van der Waals surface area contributed by atoms with Crippen molar-refractivity contribution >= 4 is 16.9 Å². The van der Waals surface area contributed by atoms with E-state index in [4.69, 9.17) is 0 Å². The van der Waals surface area contributed by atoms with Gasteiger partial charge in [-0.05, 0) is 12.3 Å². The molecule has 50 valence electrons. The molecule has 9 heavy (non-hydrogen) atoms. The number of carbonyl (C=O) groups excluding carboxylic acids is 1. The van der Waals surface area contributed by atoms with Gasteiger partial charge in [-0.15, -0.1) is 0 Å². The van der Waals surface area contributed by atoms with Crippen molar-refractivity contribution in [1.82, 2.24) is 4.90 Å². The summed E-state index contributed by atoms with van der Waals surface area (Å²) in [5, 5.41) is 2.06. The van der Waals surface area contributed by atoms with Gasteiger partial charge in [-0.1, -0.05) is 11.8 Å². The Morgan fingerprint density at radius 3 is 3.11 bits per heavy atom. The molecule has 0 saturated heterocycles. The van der Waals surface area contributed by atoms with Gasteiger partial charge in [-0.3, -0.25) is 4.79 Å². The quantitative estimate of drug-likeness (QED) is 0.547. The van der Waals surface area contributed by atoms with Crippen molar-refractivity contribution in [3.63, 3.8) is 0 Å². The minimum Gasteiger partial charge on any atom is -0.369 e. The maximum absolute atomic E-state index is 10.7. The first-order valence-corrected chi connectivity index (χ1v) is 3.81. The summed E-state index contributed by atoms with van der Waals surface area (Å²) >= 11 is 1.28. The highest BCUT2D eigenvalue weighted by Gasteiger charge is 2.08. The second-order valence-corrected chi connectivity index (χ2v) is 2.80. The summed E-state index contributed by atoms with van der Waals surface area (Å²) in [7, 11) is 0. The van der Waals surface area contributed by atoms with E-state index in [1.165, 1.54) is 11.8 Å². The van der Waals surface area contributed by atoms with Gasteiger partial charge in [0.25, 0.3) is 0 Å². The minimum atomic E-state index is 0.236. The van der Waals surface area contributed by atoms with Crippen LogP contribution in [0.3, 0.4) is 0 Å². The van der Waals surface area contributed by atoms with Gasteiger partial charge in [0, 0.05) is 12.7 Å². The second kappa shape index (κ2) is 2.92. The lowest BCUT2D eigenvalue weighted by molar-refractivity contribution is -0.111. The molecule has 2 nitrogen and oxygen atoms in total. The number of nitrogens with zero attached hydrogens (tertiary/aromatic N) is 1. The summed E-state index contributed by atoms with van der Waals surface area (Å²) in [4.78, 5) is 12.7. The van der Waals surface area contributed by atoms with Gasteiger partial charge in [-0.2, -0.15) is 0 Å². The maximum Gasteiger partial charge on any atom is 0.212 e. The summed E-state index contributed by atoms with van der Waals surface area (Å²) in [6.45, 7) is 3.52. The lowest BCUT2D eigenvalue weighted by atomic mass is 10.5. The Balaban J connectivity index is 2.49. The van der Waals surface area contributed by atoms with Crippen LogP contribution < -0.4 is 0 Å². The van der Waals surface area contributed by atoms with Gasteiger partial charge in [0.05, 0.1) is 6.54 Å². The first kappa shape index (κ1) is 6.68. The van der Waals surface area contributed by atoms with E-state index in [0.717, 1.165) is 6.54 Å². The zero-order chi connectivity index (χ0) is 6.69. The fraction of sp³-hybridized carbons (Fsp3) is 0.500. The number of hydrogen-bond acceptors (Lipinski definition) is 3. The highest BCUT2D eigenvalue weighted by molar-refractivity contribution is 8.16. The van der Waals surface area contributed by atoms with Crippen LogP contribution in [0.1, 0.15) is 6.92 Å². The van der Waals surface area contributed by atoms with Crippen molar-refractivity contribution in [3.05, 3.63) is 11.6 Å². The molecule has 1 rings (SSSR count). The summed E-state index contributed by atoms with van der Waals surface area (Å²) in [6, 6.07) is 0. The van der Waals surface area contributed by atoms with Crippen LogP contribution in [0.25, 0.3) is 0 Å². The van der Waals surface area contributed by atoms with Gasteiger partial charge in [-0.25, -0.2) is 0 Å². The third kappa shape index (κ3) is 1.75. The van der Waals surface area contributed by atoms with Crippen molar-refractivity contribution in [3.8, 4) is 0 Å². The van der Waals surface area contributed by atoms with Crippen LogP contribution >= 0.6 is 11.8 Å². The molecule has 3 heteroatoms. The van der Waals surface area contributed by atoms with Crippen LogP contribution in [-0.2, 0) is 4.79 Å². The van der Waals surface area contributed by atoms with E-state index in [-0.39, 0.29) is 5.12 Å². The molecular weight excluding hydrogens is 134 g/mol. The molecule has 0 atom stereocenters. The van der Waals surface area contributed by atoms with Gasteiger partial charge >= 0.3 is 0 Å². The molecule has 0 amide bonds. The van der Waals surface area contributed by atoms with E-state index in [0.29, 0.717) is 6.54 Å². The normalized spacial score (nSPS) is 18.8. The molecule has 0 N–H and O–H groups in total. The van der Waals surface area contributed by atoms with Crippen LogP contribution in [0, 0.1) is 0 Å². The molecule has 0 fully saturated rings. The fourth-order valence-electron chi connectivity index (χ4n) is 0.665. The topological polar surface area (TPSA) is 20.3 Å². The van der Waals surface area contributed by atoms with Crippen LogP contribution in [-0.4, -0.2) is 23.1 Å². The van der Waals surface area contributed by atoms with E-state index in [1.807, 2.05) is 23.4 Å². The Hall–Kier alpha value is -0.440. The van der Waals surface area contributed by atoms with Gasteiger partial charge in [0.15, 0.2) is 0 Å². The van der Waals surface area contributed by atoms with Crippen LogP contribution in [0.5, 0.6) is 0 Å². The zero-order valence-electron chi connectivity index (χ0n) is 5.33. The molecule has 0 aliphatic carbocycles. The van der Waals surface area contributed by atoms with E-state index >= 15 is 0 Å². The molecular formula is C6H9NOS. The average molecular weight is 143 g/mol. The molecule has 0 aromatic rings. The minimum absolute atomic E-state index is 0.236. The van der Waals surface area contributed by atoms with Gasteiger partial charge in [0.1, 0.15) is 0 Å². The highest BCUT2D eigenvalue weighted by Crippen LogP contribution is 2.11. The SMILES string of the molecule is CCN1C=CSC(=O)C1. The molecule has 0 bridgehead atoms. The predicted molar refractivity (Wildman–Crippen MR) is 39.0 cm³/mol. The Bertz CT molecular complexity index is 144. The highest BCUT2D eigenvalue weighted by atomic mass is 32.2. The van der Waals surface area contributed by atoms with Crippen molar-refractivity contribution in [2.75, 3.05) is 13.1 Å². The smallest absolute Gasteiger partial charge is 0.212 e. The van der Waals surface area contributed by atoms with Crippen molar-refractivity contribution in [2.24, 2.45) is 0 Å². The number of likely N-dealkylation sites (N-methyl/N-ethyl adjacent to an activating group) is 1. The number of hydrogen-bond donors (Lipinski definition) is 0. The predicted octanol–water partition coefficient (Wildman–Crippen LogP) is 1.05. The summed E-state index contributed by atoms with van der Waals surface area (Å²) in [5.41, 5.74) is 0. The van der Waals surface area contributed by atoms with Crippen molar-refractivity contribution < 1.29 is 4.79 Å². The number of carbonyl (C=O) groups is 1. The molecule has 0 saturated carbocycles. The second-order valence-electron chi connectivity index (χ2n) is 1.84. The molecule has 0 radical (unpaired) electrons. The summed E-state index contributed by atoms with van der Waals surface area (Å²) < 4.78 is 0. The summed E-state index contributed by atoms with van der Waals surface area (Å²) in [5.74, 6) is 0. The average Bonchev–Trinajstić information content (AvgIpc) is 1.88. The largest absolute Gasteiger partial charge is 0.369 e. The molecule has 1 aliphatic rings. The van der Waals surface area contributed by atoms with E-state index in [9.17, 15) is 4.79 Å². The number of thioether (sulfide) groups is 1. The molecule has 1 aliphatic heterocycles. The molecule has 0 unspecified atom stereocenters. The van der Waals surface area contributed by atoms with Gasteiger partial charge in [0.2, 0.25) is 5.12 Å². The lowest BCUT2D eigenvalue weighted by Crippen LogP contribution is -2.24. The first-order chi connectivity index (χ1) is 4.33. The van der Waals surface area contributed by atoms with Gasteiger partial charge < -0.3 is 4.90 Å². The first-order valence-electron chi connectivity index (χ1n) is 2.93. The monoisotopic (exact) mass is 143 g/mol. The van der Waals surface area contributed by atoms with Crippen molar-refractivity contribution in [2.45, 2.75) is 6.92 Å². The standard InChI is InChI=1S/C6H9NOS/c1-2-7-3-4-9-6(8)5-7/h3-4H,2,5H2,1H3. The summed E-state index contributed by atoms with van der Waals surface area (Å²) in [6.07, 6.45) is 1.95. The van der Waals surface area contributed by atoms with E-state index in [2.05, 4.69) is 0 Å². The fourth-order valence-corrected chi connectivity index (χ4v) is 1.29. The van der Waals surface area contributed by atoms with Crippen LogP contribution in [0.4, 0.5) is 0 Å². The molecule has 0 spiro atoms. The maximum atomic E-state index is 10.7. The van der Waals surface area contributed by atoms with E-state index < -0.39 is 0 Å². The van der Waals surface area contributed by atoms with Crippen LogP contribution in [0.15, 0.2) is 11.6 Å². The van der Waals surface area contributed by atoms with Crippen molar-refractivity contribution in [1.29, 1.82) is 0 Å². The lowest BCUT2D eigenvalue weighted by Gasteiger charge is -2.18.